The van der Waals surface area contributed by atoms with Crippen molar-refractivity contribution in [2.75, 3.05) is 11.9 Å². The fraction of sp³-hybridized carbons (Fsp3) is 0.500. The molecular weight excluding hydrogens is 251 g/mol. The van der Waals surface area contributed by atoms with Gasteiger partial charge in [-0.15, -0.1) is 0 Å². The zero-order valence-electron chi connectivity index (χ0n) is 10.4. The predicted molar refractivity (Wildman–Crippen MR) is 71.2 cm³/mol. The van der Waals surface area contributed by atoms with Crippen molar-refractivity contribution in [2.45, 2.75) is 31.7 Å². The molecule has 1 fully saturated rings. The van der Waals surface area contributed by atoms with E-state index < -0.39 is 0 Å². The van der Waals surface area contributed by atoms with Gasteiger partial charge in [-0.05, 0) is 43.9 Å². The molecule has 2 nitrogen and oxygen atoms in total. The van der Waals surface area contributed by atoms with Gasteiger partial charge in [-0.1, -0.05) is 11.6 Å². The SMILES string of the molecule is CN(c1ccc(F)c(Cl)c1)C1CCC(C#N)CC1. The van der Waals surface area contributed by atoms with Crippen LogP contribution in [0, 0.1) is 23.1 Å². The highest BCUT2D eigenvalue weighted by atomic mass is 35.5. The molecule has 96 valence electrons. The Hall–Kier alpha value is -1.27. The molecule has 4 heteroatoms. The number of hydrogen-bond donors (Lipinski definition) is 0. The van der Waals surface area contributed by atoms with E-state index in [0.29, 0.717) is 6.04 Å². The minimum Gasteiger partial charge on any atom is -0.372 e. The Morgan fingerprint density at radius 2 is 2.00 bits per heavy atom. The lowest BCUT2D eigenvalue weighted by atomic mass is 9.86. The molecule has 0 amide bonds. The lowest BCUT2D eigenvalue weighted by Gasteiger charge is -2.34. The summed E-state index contributed by atoms with van der Waals surface area (Å²) in [7, 11) is 2.00. The molecule has 0 spiro atoms. The van der Waals surface area contributed by atoms with Crippen LogP contribution in [0.15, 0.2) is 18.2 Å². The Balaban J connectivity index is 2.05. The Kier molecular flexibility index (Phi) is 4.08. The van der Waals surface area contributed by atoms with Crippen LogP contribution in [0.25, 0.3) is 0 Å². The minimum atomic E-state index is -0.387. The molecular formula is C14H16ClFN2. The van der Waals surface area contributed by atoms with E-state index in [1.807, 2.05) is 7.05 Å². The number of rotatable bonds is 2. The van der Waals surface area contributed by atoms with Gasteiger partial charge in [0.15, 0.2) is 0 Å². The summed E-state index contributed by atoms with van der Waals surface area (Å²) < 4.78 is 13.1. The first kappa shape index (κ1) is 13.2. The summed E-state index contributed by atoms with van der Waals surface area (Å²) in [6, 6.07) is 7.55. The predicted octanol–water partition coefficient (Wildman–Crippen LogP) is 4.00. The van der Waals surface area contributed by atoms with E-state index in [0.717, 1.165) is 31.4 Å². The number of nitriles is 1. The van der Waals surface area contributed by atoms with E-state index in [1.165, 1.54) is 6.07 Å². The lowest BCUT2D eigenvalue weighted by molar-refractivity contribution is 0.372. The molecule has 1 aromatic rings. The molecule has 0 atom stereocenters. The smallest absolute Gasteiger partial charge is 0.141 e. The summed E-state index contributed by atoms with van der Waals surface area (Å²) in [6.45, 7) is 0. The molecule has 0 bridgehead atoms. The Labute approximate surface area is 112 Å². The molecule has 0 unspecified atom stereocenters. The van der Waals surface area contributed by atoms with Crippen LogP contribution >= 0.6 is 11.6 Å². The molecule has 18 heavy (non-hydrogen) atoms. The van der Waals surface area contributed by atoms with E-state index in [4.69, 9.17) is 16.9 Å². The molecule has 1 aliphatic carbocycles. The summed E-state index contributed by atoms with van der Waals surface area (Å²) in [6.07, 6.45) is 3.90. The molecule has 0 aromatic heterocycles. The maximum atomic E-state index is 13.1. The molecule has 0 heterocycles. The van der Waals surface area contributed by atoms with Crippen LogP contribution in [0.1, 0.15) is 25.7 Å². The van der Waals surface area contributed by atoms with Gasteiger partial charge in [0.25, 0.3) is 0 Å². The van der Waals surface area contributed by atoms with Crippen molar-refractivity contribution in [1.82, 2.24) is 0 Å². The first-order valence-electron chi connectivity index (χ1n) is 6.19. The van der Waals surface area contributed by atoms with Gasteiger partial charge >= 0.3 is 0 Å². The van der Waals surface area contributed by atoms with Crippen LogP contribution in [0.5, 0.6) is 0 Å². The average Bonchev–Trinajstić information content (AvgIpc) is 2.41. The molecule has 1 aromatic carbocycles. The normalized spacial score (nSPS) is 23.4. The largest absolute Gasteiger partial charge is 0.372 e. The van der Waals surface area contributed by atoms with Crippen molar-refractivity contribution < 1.29 is 4.39 Å². The van der Waals surface area contributed by atoms with Gasteiger partial charge in [-0.25, -0.2) is 4.39 Å². The van der Waals surface area contributed by atoms with E-state index in [-0.39, 0.29) is 16.8 Å². The first-order chi connectivity index (χ1) is 8.61. The van der Waals surface area contributed by atoms with Gasteiger partial charge in [-0.3, -0.25) is 0 Å². The summed E-state index contributed by atoms with van der Waals surface area (Å²) in [5, 5.41) is 9.03. The maximum Gasteiger partial charge on any atom is 0.141 e. The number of halogens is 2. The second-order valence-electron chi connectivity index (χ2n) is 4.84. The molecule has 1 saturated carbocycles. The van der Waals surface area contributed by atoms with Crippen molar-refractivity contribution in [3.8, 4) is 6.07 Å². The average molecular weight is 267 g/mol. The standard InChI is InChI=1S/C14H16ClFN2/c1-18(11-4-2-10(9-17)3-5-11)12-6-7-14(16)13(15)8-12/h6-8,10-11H,2-5H2,1H3. The molecule has 1 aliphatic rings. The van der Waals surface area contributed by atoms with E-state index >= 15 is 0 Å². The van der Waals surface area contributed by atoms with Crippen LogP contribution in [0.4, 0.5) is 10.1 Å². The molecule has 0 saturated heterocycles. The van der Waals surface area contributed by atoms with Crippen molar-refractivity contribution in [2.24, 2.45) is 5.92 Å². The Bertz CT molecular complexity index is 461. The fourth-order valence-electron chi connectivity index (χ4n) is 2.51. The van der Waals surface area contributed by atoms with Crippen LogP contribution in [-0.2, 0) is 0 Å². The topological polar surface area (TPSA) is 27.0 Å². The van der Waals surface area contributed by atoms with Crippen LogP contribution in [0.3, 0.4) is 0 Å². The van der Waals surface area contributed by atoms with Crippen molar-refractivity contribution in [1.29, 1.82) is 5.26 Å². The zero-order chi connectivity index (χ0) is 13.1. The zero-order valence-corrected chi connectivity index (χ0v) is 11.1. The highest BCUT2D eigenvalue weighted by Gasteiger charge is 2.24. The lowest BCUT2D eigenvalue weighted by Crippen LogP contribution is -2.35. The summed E-state index contributed by atoms with van der Waals surface area (Å²) >= 11 is 5.80. The summed E-state index contributed by atoms with van der Waals surface area (Å²) in [4.78, 5) is 2.14. The third-order valence-electron chi connectivity index (χ3n) is 3.74. The van der Waals surface area contributed by atoms with Crippen LogP contribution in [-0.4, -0.2) is 13.1 Å². The number of benzene rings is 1. The van der Waals surface area contributed by atoms with E-state index in [1.54, 1.807) is 12.1 Å². The number of hydrogen-bond acceptors (Lipinski definition) is 2. The van der Waals surface area contributed by atoms with Crippen LogP contribution < -0.4 is 4.90 Å². The quantitative estimate of drug-likeness (QED) is 0.809. The highest BCUT2D eigenvalue weighted by molar-refractivity contribution is 6.31. The highest BCUT2D eigenvalue weighted by Crippen LogP contribution is 2.30. The molecule has 0 aliphatic heterocycles. The third-order valence-corrected chi connectivity index (χ3v) is 4.03. The number of nitrogens with zero attached hydrogens (tertiary/aromatic N) is 2. The van der Waals surface area contributed by atoms with Gasteiger partial charge in [0, 0.05) is 24.7 Å². The van der Waals surface area contributed by atoms with Gasteiger partial charge in [-0.2, -0.15) is 5.26 Å². The van der Waals surface area contributed by atoms with Gasteiger partial charge in [0.2, 0.25) is 0 Å². The third kappa shape index (κ3) is 2.76. The van der Waals surface area contributed by atoms with Crippen molar-refractivity contribution in [3.63, 3.8) is 0 Å². The van der Waals surface area contributed by atoms with E-state index in [2.05, 4.69) is 11.0 Å². The number of anilines is 1. The Morgan fingerprint density at radius 3 is 2.56 bits per heavy atom. The molecule has 0 radical (unpaired) electrons. The van der Waals surface area contributed by atoms with Crippen molar-refractivity contribution >= 4 is 17.3 Å². The maximum absolute atomic E-state index is 13.1. The second-order valence-corrected chi connectivity index (χ2v) is 5.25. The Morgan fingerprint density at radius 1 is 1.33 bits per heavy atom. The molecule has 0 N–H and O–H groups in total. The fourth-order valence-corrected chi connectivity index (χ4v) is 2.68. The molecule has 2 rings (SSSR count). The second kappa shape index (κ2) is 5.58. The van der Waals surface area contributed by atoms with Crippen LogP contribution in [0.2, 0.25) is 5.02 Å². The minimum absolute atomic E-state index is 0.157. The first-order valence-corrected chi connectivity index (χ1v) is 6.57. The summed E-state index contributed by atoms with van der Waals surface area (Å²) in [5.41, 5.74) is 0.932. The van der Waals surface area contributed by atoms with Gasteiger partial charge in [0.1, 0.15) is 5.82 Å². The monoisotopic (exact) mass is 266 g/mol. The summed E-state index contributed by atoms with van der Waals surface area (Å²) in [5.74, 6) is -0.187. The van der Waals surface area contributed by atoms with Gasteiger partial charge < -0.3 is 4.90 Å². The van der Waals surface area contributed by atoms with Crippen molar-refractivity contribution in [3.05, 3.63) is 29.0 Å². The van der Waals surface area contributed by atoms with E-state index in [9.17, 15) is 4.39 Å². The van der Waals surface area contributed by atoms with Gasteiger partial charge in [0.05, 0.1) is 11.1 Å².